The van der Waals surface area contributed by atoms with Gasteiger partial charge in [0.2, 0.25) is 0 Å². The minimum absolute atomic E-state index is 0.0301. The second kappa shape index (κ2) is 5.89. The second-order valence-electron chi connectivity index (χ2n) is 5.59. The molecule has 0 N–H and O–H groups in total. The number of ether oxygens (including phenoxy) is 2. The third-order valence-corrected chi connectivity index (χ3v) is 3.63. The molecule has 1 heterocycles. The molecule has 4 nitrogen and oxygen atoms in total. The van der Waals surface area contributed by atoms with Gasteiger partial charge >= 0.3 is 5.97 Å². The average Bonchev–Trinajstić information content (AvgIpc) is 2.40. The molecule has 2 rings (SSSR count). The van der Waals surface area contributed by atoms with Gasteiger partial charge in [-0.25, -0.2) is 9.18 Å². The van der Waals surface area contributed by atoms with E-state index in [0.29, 0.717) is 19.8 Å². The molecule has 1 fully saturated rings. The van der Waals surface area contributed by atoms with Crippen molar-refractivity contribution in [1.29, 1.82) is 0 Å². The van der Waals surface area contributed by atoms with Crippen molar-refractivity contribution in [2.45, 2.75) is 25.9 Å². The maximum absolute atomic E-state index is 13.9. The summed E-state index contributed by atoms with van der Waals surface area (Å²) in [5.41, 5.74) is 0.734. The number of nitrogens with zero attached hydrogens (tertiary/aromatic N) is 1. The van der Waals surface area contributed by atoms with E-state index < -0.39 is 11.8 Å². The number of carbonyl (C=O) groups excluding carboxylic acids is 1. The zero-order chi connectivity index (χ0) is 14.8. The summed E-state index contributed by atoms with van der Waals surface area (Å²) in [4.78, 5) is 13.6. The lowest BCUT2D eigenvalue weighted by Gasteiger charge is -2.42. The first-order chi connectivity index (χ1) is 9.44. The second-order valence-corrected chi connectivity index (χ2v) is 5.59. The molecule has 1 aromatic rings. The molecule has 0 radical (unpaired) electrons. The minimum atomic E-state index is -0.652. The van der Waals surface area contributed by atoms with Crippen LogP contribution in [-0.4, -0.2) is 43.3 Å². The smallest absolute Gasteiger partial charge is 0.340 e. The first kappa shape index (κ1) is 14.9. The summed E-state index contributed by atoms with van der Waals surface area (Å²) < 4.78 is 23.9. The van der Waals surface area contributed by atoms with Crippen LogP contribution in [0.3, 0.4) is 0 Å². The van der Waals surface area contributed by atoms with Crippen molar-refractivity contribution in [2.24, 2.45) is 0 Å². The number of methoxy groups -OCH3 is 1. The van der Waals surface area contributed by atoms with Gasteiger partial charge in [-0.2, -0.15) is 0 Å². The molecule has 1 aliphatic rings. The molecule has 0 bridgehead atoms. The molecule has 0 atom stereocenters. The Kier molecular flexibility index (Phi) is 4.40. The van der Waals surface area contributed by atoms with E-state index in [4.69, 9.17) is 4.74 Å². The lowest BCUT2D eigenvalue weighted by Crippen LogP contribution is -2.52. The van der Waals surface area contributed by atoms with Crippen LogP contribution in [0.25, 0.3) is 0 Å². The lowest BCUT2D eigenvalue weighted by molar-refractivity contribution is -0.0553. The Balaban J connectivity index is 2.14. The number of carbonyl (C=O) groups is 1. The monoisotopic (exact) mass is 281 g/mol. The number of benzene rings is 1. The van der Waals surface area contributed by atoms with E-state index in [1.165, 1.54) is 19.2 Å². The van der Waals surface area contributed by atoms with Crippen molar-refractivity contribution >= 4 is 5.97 Å². The predicted molar refractivity (Wildman–Crippen MR) is 73.0 cm³/mol. The summed E-state index contributed by atoms with van der Waals surface area (Å²) in [6.45, 7) is 7.00. The van der Waals surface area contributed by atoms with Crippen LogP contribution >= 0.6 is 0 Å². The normalized spacial score (nSPS) is 18.8. The lowest BCUT2D eigenvalue weighted by atomic mass is 10.0. The number of halogens is 1. The van der Waals surface area contributed by atoms with Crippen LogP contribution in [0.4, 0.5) is 4.39 Å². The number of hydrogen-bond acceptors (Lipinski definition) is 4. The van der Waals surface area contributed by atoms with Crippen LogP contribution in [0.1, 0.15) is 29.8 Å². The van der Waals surface area contributed by atoms with Crippen molar-refractivity contribution in [1.82, 2.24) is 4.90 Å². The van der Waals surface area contributed by atoms with Gasteiger partial charge < -0.3 is 9.47 Å². The number of rotatable bonds is 3. The Bertz CT molecular complexity index is 502. The van der Waals surface area contributed by atoms with Crippen LogP contribution in [0.15, 0.2) is 18.2 Å². The molecule has 0 spiro atoms. The maximum Gasteiger partial charge on any atom is 0.340 e. The van der Waals surface area contributed by atoms with Gasteiger partial charge in [-0.1, -0.05) is 6.07 Å². The standard InChI is InChI=1S/C15H20FNO3/c1-15(2)10-20-7-6-17(15)9-11-4-5-12(13(16)8-11)14(18)19-3/h4-5,8H,6-7,9-10H2,1-3H3. The summed E-state index contributed by atoms with van der Waals surface area (Å²) in [5.74, 6) is -1.19. The van der Waals surface area contributed by atoms with E-state index >= 15 is 0 Å². The quantitative estimate of drug-likeness (QED) is 0.796. The Morgan fingerprint density at radius 3 is 2.85 bits per heavy atom. The summed E-state index contributed by atoms with van der Waals surface area (Å²) in [6, 6.07) is 4.64. The van der Waals surface area contributed by atoms with E-state index in [2.05, 4.69) is 23.5 Å². The molecule has 5 heteroatoms. The Morgan fingerprint density at radius 2 is 2.25 bits per heavy atom. The van der Waals surface area contributed by atoms with Crippen LogP contribution in [0, 0.1) is 5.82 Å². The molecule has 110 valence electrons. The van der Waals surface area contributed by atoms with Gasteiger partial charge in [0.1, 0.15) is 5.82 Å². The van der Waals surface area contributed by atoms with Crippen LogP contribution in [-0.2, 0) is 16.0 Å². The predicted octanol–water partition coefficient (Wildman–Crippen LogP) is 2.22. The fraction of sp³-hybridized carbons (Fsp3) is 0.533. The molecule has 0 saturated carbocycles. The van der Waals surface area contributed by atoms with Crippen molar-refractivity contribution in [3.05, 3.63) is 35.1 Å². The minimum Gasteiger partial charge on any atom is -0.465 e. The zero-order valence-electron chi connectivity index (χ0n) is 12.1. The fourth-order valence-electron chi connectivity index (χ4n) is 2.34. The number of morpholine rings is 1. The Labute approximate surface area is 118 Å². The van der Waals surface area contributed by atoms with E-state index in [1.54, 1.807) is 6.07 Å². The molecule has 0 aromatic heterocycles. The van der Waals surface area contributed by atoms with Gasteiger partial charge in [0.05, 0.1) is 25.9 Å². The topological polar surface area (TPSA) is 38.8 Å². The van der Waals surface area contributed by atoms with E-state index in [-0.39, 0.29) is 11.1 Å². The maximum atomic E-state index is 13.9. The molecule has 1 saturated heterocycles. The fourth-order valence-corrected chi connectivity index (χ4v) is 2.34. The van der Waals surface area contributed by atoms with E-state index in [1.807, 2.05) is 0 Å². The van der Waals surface area contributed by atoms with Crippen molar-refractivity contribution in [3.63, 3.8) is 0 Å². The molecule has 0 amide bonds. The highest BCUT2D eigenvalue weighted by Gasteiger charge is 2.30. The summed E-state index contributed by atoms with van der Waals surface area (Å²) >= 11 is 0. The van der Waals surface area contributed by atoms with Crippen LogP contribution in [0.2, 0.25) is 0 Å². The van der Waals surface area contributed by atoms with Crippen molar-refractivity contribution in [3.8, 4) is 0 Å². The zero-order valence-corrected chi connectivity index (χ0v) is 12.1. The highest BCUT2D eigenvalue weighted by molar-refractivity contribution is 5.89. The van der Waals surface area contributed by atoms with Gasteiger partial charge in [-0.15, -0.1) is 0 Å². The largest absolute Gasteiger partial charge is 0.465 e. The third kappa shape index (κ3) is 3.16. The Morgan fingerprint density at radius 1 is 1.50 bits per heavy atom. The average molecular weight is 281 g/mol. The van der Waals surface area contributed by atoms with Gasteiger partial charge in [0, 0.05) is 18.6 Å². The highest BCUT2D eigenvalue weighted by Crippen LogP contribution is 2.22. The highest BCUT2D eigenvalue weighted by atomic mass is 19.1. The molecule has 20 heavy (non-hydrogen) atoms. The van der Waals surface area contributed by atoms with E-state index in [9.17, 15) is 9.18 Å². The first-order valence-corrected chi connectivity index (χ1v) is 6.63. The SMILES string of the molecule is COC(=O)c1ccc(CN2CCOCC2(C)C)cc1F. The van der Waals surface area contributed by atoms with Crippen LogP contribution < -0.4 is 0 Å². The molecule has 0 aliphatic carbocycles. The van der Waals surface area contributed by atoms with E-state index in [0.717, 1.165) is 12.1 Å². The van der Waals surface area contributed by atoms with Crippen molar-refractivity contribution in [2.75, 3.05) is 26.9 Å². The third-order valence-electron chi connectivity index (χ3n) is 3.63. The summed E-state index contributed by atoms with van der Waals surface area (Å²) in [7, 11) is 1.24. The first-order valence-electron chi connectivity index (χ1n) is 6.63. The summed E-state index contributed by atoms with van der Waals surface area (Å²) in [6.07, 6.45) is 0. The summed E-state index contributed by atoms with van der Waals surface area (Å²) in [5, 5.41) is 0. The van der Waals surface area contributed by atoms with Crippen LogP contribution in [0.5, 0.6) is 0 Å². The molecule has 1 aromatic carbocycles. The van der Waals surface area contributed by atoms with Gasteiger partial charge in [0.15, 0.2) is 0 Å². The van der Waals surface area contributed by atoms with Crippen molar-refractivity contribution < 1.29 is 18.7 Å². The molecular weight excluding hydrogens is 261 g/mol. The number of hydrogen-bond donors (Lipinski definition) is 0. The molecule has 0 unspecified atom stereocenters. The van der Waals surface area contributed by atoms with Gasteiger partial charge in [-0.05, 0) is 31.5 Å². The molecule has 1 aliphatic heterocycles. The van der Waals surface area contributed by atoms with Gasteiger partial charge in [-0.3, -0.25) is 4.90 Å². The molecular formula is C15H20FNO3. The van der Waals surface area contributed by atoms with Gasteiger partial charge in [0.25, 0.3) is 0 Å². The Hall–Kier alpha value is -1.46. The number of esters is 1.